The van der Waals surface area contributed by atoms with Crippen LogP contribution in [0.2, 0.25) is 0 Å². The van der Waals surface area contributed by atoms with Crippen LogP contribution in [-0.4, -0.2) is 15.9 Å². The molecule has 4 nitrogen and oxygen atoms in total. The summed E-state index contributed by atoms with van der Waals surface area (Å²) < 4.78 is 0. The van der Waals surface area contributed by atoms with Crippen molar-refractivity contribution >= 4 is 16.8 Å². The SMILES string of the molecule is Cc1cc(C)c2nc(-c3ccccn3)cc(C(N)=O)c2c1. The topological polar surface area (TPSA) is 68.9 Å². The molecule has 0 saturated carbocycles. The molecule has 1 amide bonds. The normalized spacial score (nSPS) is 10.8. The highest BCUT2D eigenvalue weighted by atomic mass is 16.1. The first kappa shape index (κ1) is 13.2. The average Bonchev–Trinajstić information content (AvgIpc) is 2.47. The van der Waals surface area contributed by atoms with Crippen molar-refractivity contribution in [1.29, 1.82) is 0 Å². The molecular formula is C17H15N3O. The molecular weight excluding hydrogens is 262 g/mol. The molecule has 0 aliphatic carbocycles. The highest BCUT2D eigenvalue weighted by Gasteiger charge is 2.13. The number of primary amides is 1. The molecule has 2 aromatic heterocycles. The number of hydrogen-bond donors (Lipinski definition) is 1. The fourth-order valence-electron chi connectivity index (χ4n) is 2.53. The Balaban J connectivity index is 2.38. The minimum Gasteiger partial charge on any atom is -0.366 e. The van der Waals surface area contributed by atoms with E-state index in [1.54, 1.807) is 12.3 Å². The van der Waals surface area contributed by atoms with Crippen molar-refractivity contribution in [1.82, 2.24) is 9.97 Å². The number of aryl methyl sites for hydroxylation is 2. The lowest BCUT2D eigenvalue weighted by Crippen LogP contribution is -2.12. The first-order chi connectivity index (χ1) is 10.1. The second-order valence-corrected chi connectivity index (χ2v) is 5.11. The van der Waals surface area contributed by atoms with Crippen LogP contribution >= 0.6 is 0 Å². The summed E-state index contributed by atoms with van der Waals surface area (Å²) in [4.78, 5) is 20.7. The first-order valence-corrected chi connectivity index (χ1v) is 6.69. The van der Waals surface area contributed by atoms with Crippen molar-refractivity contribution in [3.63, 3.8) is 0 Å². The van der Waals surface area contributed by atoms with Crippen LogP contribution < -0.4 is 5.73 Å². The van der Waals surface area contributed by atoms with Gasteiger partial charge in [0.25, 0.3) is 0 Å². The van der Waals surface area contributed by atoms with E-state index < -0.39 is 5.91 Å². The molecule has 4 heteroatoms. The smallest absolute Gasteiger partial charge is 0.249 e. The second-order valence-electron chi connectivity index (χ2n) is 5.11. The summed E-state index contributed by atoms with van der Waals surface area (Å²) in [6.45, 7) is 3.97. The number of hydrogen-bond acceptors (Lipinski definition) is 3. The van der Waals surface area contributed by atoms with Crippen molar-refractivity contribution in [2.45, 2.75) is 13.8 Å². The summed E-state index contributed by atoms with van der Waals surface area (Å²) in [5.74, 6) is -0.454. The van der Waals surface area contributed by atoms with Gasteiger partial charge in [0.15, 0.2) is 0 Å². The Morgan fingerprint density at radius 2 is 1.90 bits per heavy atom. The van der Waals surface area contributed by atoms with Gasteiger partial charge in [0.05, 0.1) is 22.5 Å². The van der Waals surface area contributed by atoms with E-state index in [-0.39, 0.29) is 0 Å². The molecule has 2 N–H and O–H groups in total. The monoisotopic (exact) mass is 277 g/mol. The van der Waals surface area contributed by atoms with E-state index in [2.05, 4.69) is 9.97 Å². The van der Waals surface area contributed by atoms with Gasteiger partial charge in [-0.25, -0.2) is 4.98 Å². The number of nitrogens with two attached hydrogens (primary N) is 1. The van der Waals surface area contributed by atoms with Crippen LogP contribution in [0, 0.1) is 13.8 Å². The average molecular weight is 277 g/mol. The van der Waals surface area contributed by atoms with E-state index in [0.717, 1.165) is 27.7 Å². The van der Waals surface area contributed by atoms with Crippen molar-refractivity contribution in [3.05, 3.63) is 59.3 Å². The Morgan fingerprint density at radius 1 is 1.10 bits per heavy atom. The molecule has 0 spiro atoms. The summed E-state index contributed by atoms with van der Waals surface area (Å²) in [7, 11) is 0. The van der Waals surface area contributed by atoms with E-state index in [0.29, 0.717) is 11.3 Å². The number of carbonyl (C=O) groups is 1. The molecule has 104 valence electrons. The van der Waals surface area contributed by atoms with Gasteiger partial charge in [0.1, 0.15) is 0 Å². The van der Waals surface area contributed by atoms with Crippen LogP contribution in [-0.2, 0) is 0 Å². The molecule has 0 aliphatic heterocycles. The minimum atomic E-state index is -0.454. The fraction of sp³-hybridized carbons (Fsp3) is 0.118. The maximum absolute atomic E-state index is 11.8. The van der Waals surface area contributed by atoms with Gasteiger partial charge in [-0.1, -0.05) is 17.7 Å². The molecule has 3 aromatic rings. The highest BCUT2D eigenvalue weighted by Crippen LogP contribution is 2.26. The maximum Gasteiger partial charge on any atom is 0.249 e. The zero-order chi connectivity index (χ0) is 15.0. The van der Waals surface area contributed by atoms with Gasteiger partial charge in [-0.3, -0.25) is 9.78 Å². The molecule has 0 radical (unpaired) electrons. The summed E-state index contributed by atoms with van der Waals surface area (Å²) >= 11 is 0. The molecule has 3 rings (SSSR count). The third-order valence-corrected chi connectivity index (χ3v) is 3.44. The van der Waals surface area contributed by atoms with Crippen molar-refractivity contribution < 1.29 is 4.79 Å². The Bertz CT molecular complexity index is 842. The second kappa shape index (κ2) is 4.98. The number of pyridine rings is 2. The first-order valence-electron chi connectivity index (χ1n) is 6.69. The van der Waals surface area contributed by atoms with Gasteiger partial charge in [-0.2, -0.15) is 0 Å². The van der Waals surface area contributed by atoms with Gasteiger partial charge in [0, 0.05) is 11.6 Å². The molecule has 2 heterocycles. The third-order valence-electron chi connectivity index (χ3n) is 3.44. The Morgan fingerprint density at radius 3 is 2.57 bits per heavy atom. The van der Waals surface area contributed by atoms with E-state index in [4.69, 9.17) is 5.73 Å². The van der Waals surface area contributed by atoms with Gasteiger partial charge < -0.3 is 5.73 Å². The van der Waals surface area contributed by atoms with Gasteiger partial charge in [0.2, 0.25) is 5.91 Å². The predicted octanol–water partition coefficient (Wildman–Crippen LogP) is 3.01. The molecule has 0 unspecified atom stereocenters. The molecule has 0 bridgehead atoms. The standard InChI is InChI=1S/C17H15N3O/c1-10-7-11(2)16-12(8-10)13(17(18)21)9-15(20-16)14-5-3-4-6-19-14/h3-9H,1-2H3,(H2,18,21). The van der Waals surface area contributed by atoms with Crippen LogP contribution in [0.15, 0.2) is 42.6 Å². The summed E-state index contributed by atoms with van der Waals surface area (Å²) in [6, 6.07) is 11.3. The van der Waals surface area contributed by atoms with Crippen LogP contribution in [0.5, 0.6) is 0 Å². The van der Waals surface area contributed by atoms with Gasteiger partial charge in [-0.05, 0) is 43.7 Å². The van der Waals surface area contributed by atoms with E-state index >= 15 is 0 Å². The largest absolute Gasteiger partial charge is 0.366 e. The van der Waals surface area contributed by atoms with Crippen molar-refractivity contribution in [2.75, 3.05) is 0 Å². The number of carbonyl (C=O) groups excluding carboxylic acids is 1. The van der Waals surface area contributed by atoms with E-state index in [9.17, 15) is 4.79 Å². The molecule has 21 heavy (non-hydrogen) atoms. The number of benzene rings is 1. The lowest BCUT2D eigenvalue weighted by Gasteiger charge is -2.10. The zero-order valence-electron chi connectivity index (χ0n) is 11.9. The molecule has 0 atom stereocenters. The Labute approximate surface area is 122 Å². The fourth-order valence-corrected chi connectivity index (χ4v) is 2.53. The predicted molar refractivity (Wildman–Crippen MR) is 83.0 cm³/mol. The molecule has 0 saturated heterocycles. The quantitative estimate of drug-likeness (QED) is 0.782. The zero-order valence-corrected chi connectivity index (χ0v) is 11.9. The van der Waals surface area contributed by atoms with Crippen LogP contribution in [0.1, 0.15) is 21.5 Å². The van der Waals surface area contributed by atoms with Crippen molar-refractivity contribution in [3.8, 4) is 11.4 Å². The van der Waals surface area contributed by atoms with E-state index in [1.165, 1.54) is 0 Å². The summed E-state index contributed by atoms with van der Waals surface area (Å²) in [5, 5.41) is 0.791. The van der Waals surface area contributed by atoms with Crippen LogP contribution in [0.3, 0.4) is 0 Å². The maximum atomic E-state index is 11.8. The van der Waals surface area contributed by atoms with Crippen LogP contribution in [0.25, 0.3) is 22.3 Å². The van der Waals surface area contributed by atoms with Crippen LogP contribution in [0.4, 0.5) is 0 Å². The Hall–Kier alpha value is -2.75. The lowest BCUT2D eigenvalue weighted by atomic mass is 10.0. The number of amides is 1. The number of fused-ring (bicyclic) bond motifs is 1. The third kappa shape index (κ3) is 2.36. The van der Waals surface area contributed by atoms with Crippen molar-refractivity contribution in [2.24, 2.45) is 5.73 Å². The van der Waals surface area contributed by atoms with Gasteiger partial charge in [-0.15, -0.1) is 0 Å². The minimum absolute atomic E-state index is 0.454. The van der Waals surface area contributed by atoms with Gasteiger partial charge >= 0.3 is 0 Å². The lowest BCUT2D eigenvalue weighted by molar-refractivity contribution is 0.100. The molecule has 1 aromatic carbocycles. The number of rotatable bonds is 2. The molecule has 0 fully saturated rings. The molecule has 0 aliphatic rings. The Kier molecular flexibility index (Phi) is 3.14. The summed E-state index contributed by atoms with van der Waals surface area (Å²) in [5.41, 5.74) is 10.3. The summed E-state index contributed by atoms with van der Waals surface area (Å²) in [6.07, 6.45) is 1.70. The number of aromatic nitrogens is 2. The number of nitrogens with zero attached hydrogens (tertiary/aromatic N) is 2. The van der Waals surface area contributed by atoms with E-state index in [1.807, 2.05) is 44.2 Å². The highest BCUT2D eigenvalue weighted by molar-refractivity contribution is 6.07.